The quantitative estimate of drug-likeness (QED) is 0.106. The average Bonchev–Trinajstić information content (AvgIpc) is 0.748. The molecule has 0 atom stereocenters. The van der Waals surface area contributed by atoms with Crippen molar-refractivity contribution in [2.45, 2.75) is 78.6 Å². The highest BCUT2D eigenvalue weighted by Gasteiger charge is 2.47. The Morgan fingerprint density at radius 1 is 0.245 bits per heavy atom. The summed E-state index contributed by atoms with van der Waals surface area (Å²) in [6, 6.07) is 119. The van der Waals surface area contributed by atoms with Crippen molar-refractivity contribution >= 4 is 101 Å². The third kappa shape index (κ3) is 10.4. The SMILES string of the molecule is CC(C)(C)c1cc(-c2ccccc2)c(N2c3ccc(-c4ccc5oc6ccccc6c5c4)cc3B3c4ccc(-c5c6ccccc6c(-c6ccccc6)c6ccccc56)cc4N(c4c(-c5ccccc5)cc(C(C)(C)C)cc4-c4ccccc4)c4cc(C(C)(C)C)cc2c43)c(-c2ccccc2)c1. The summed E-state index contributed by atoms with van der Waals surface area (Å²) in [6.45, 7) is 21.1. The molecule has 0 N–H and O–H groups in total. The molecule has 0 saturated carbocycles. The lowest BCUT2D eigenvalue weighted by atomic mass is 9.33. The number of hydrogen-bond donors (Lipinski definition) is 0. The van der Waals surface area contributed by atoms with E-state index in [1.807, 2.05) is 0 Å². The van der Waals surface area contributed by atoms with Crippen LogP contribution in [0.1, 0.15) is 79.0 Å². The van der Waals surface area contributed by atoms with Crippen molar-refractivity contribution in [2.75, 3.05) is 9.80 Å². The summed E-state index contributed by atoms with van der Waals surface area (Å²) in [4.78, 5) is 5.45. The van der Waals surface area contributed by atoms with Crippen molar-refractivity contribution in [1.82, 2.24) is 0 Å². The topological polar surface area (TPSA) is 19.6 Å². The standard InChI is InChI=1S/C98H79BN2O/c1-96(2,3)70-56-78(62-31-15-10-16-32-62)94(79(57-70)63-33-17-11-18-34-63)100-85-51-48-68(67-49-52-90-82(53-67)73-41-29-30-46-89(73)102-90)54-84(85)99-83-50-47-69(92-76-44-27-25-42-74(76)91(66-39-23-14-24-40-66)75-43-26-28-45-77(75)92)55-86(83)101(88-61-72(98(7,8)9)60-87(100)93(88)99)95-80(64-35-19-12-20-36-64)58-71(97(4,5)6)59-81(95)65-37-21-13-22-38-65/h10-61H,1-9H3. The number of benzene rings is 15. The Balaban J connectivity index is 1.03. The van der Waals surface area contributed by atoms with Crippen LogP contribution in [-0.4, -0.2) is 6.71 Å². The summed E-state index contributed by atoms with van der Waals surface area (Å²) < 4.78 is 6.53. The second-order valence-electron chi connectivity index (χ2n) is 31.1. The summed E-state index contributed by atoms with van der Waals surface area (Å²) in [7, 11) is 0. The number of para-hydroxylation sites is 1. The highest BCUT2D eigenvalue weighted by Crippen LogP contribution is 2.56. The van der Waals surface area contributed by atoms with Gasteiger partial charge in [0.2, 0.25) is 0 Å². The van der Waals surface area contributed by atoms with E-state index in [4.69, 9.17) is 4.42 Å². The van der Waals surface area contributed by atoms with Gasteiger partial charge in [0.05, 0.1) is 11.4 Å². The molecule has 0 unspecified atom stereocenters. The summed E-state index contributed by atoms with van der Waals surface area (Å²) >= 11 is 0. The van der Waals surface area contributed by atoms with Gasteiger partial charge in [-0.2, -0.15) is 0 Å². The van der Waals surface area contributed by atoms with Crippen molar-refractivity contribution in [1.29, 1.82) is 0 Å². The van der Waals surface area contributed by atoms with E-state index in [2.05, 4.69) is 388 Å². The van der Waals surface area contributed by atoms with Crippen LogP contribution in [0.3, 0.4) is 0 Å². The molecule has 490 valence electrons. The molecule has 0 fully saturated rings. The largest absolute Gasteiger partial charge is 0.456 e. The van der Waals surface area contributed by atoms with Crippen molar-refractivity contribution < 1.29 is 4.42 Å². The number of rotatable bonds is 9. The molecule has 4 heteroatoms. The minimum absolute atomic E-state index is 0.181. The molecule has 15 aromatic carbocycles. The summed E-state index contributed by atoms with van der Waals surface area (Å²) in [5, 5.41) is 7.09. The van der Waals surface area contributed by atoms with Crippen molar-refractivity contribution in [2.24, 2.45) is 0 Å². The zero-order chi connectivity index (χ0) is 69.3. The van der Waals surface area contributed by atoms with Crippen LogP contribution in [-0.2, 0) is 16.2 Å². The van der Waals surface area contributed by atoms with Gasteiger partial charge in [-0.15, -0.1) is 0 Å². The molecule has 0 saturated heterocycles. The minimum Gasteiger partial charge on any atom is -0.456 e. The lowest BCUT2D eigenvalue weighted by Crippen LogP contribution is -2.61. The van der Waals surface area contributed by atoms with Crippen molar-refractivity contribution in [3.8, 4) is 77.9 Å². The molecule has 0 spiro atoms. The van der Waals surface area contributed by atoms with E-state index in [9.17, 15) is 0 Å². The van der Waals surface area contributed by atoms with Gasteiger partial charge in [0.1, 0.15) is 11.2 Å². The molecule has 102 heavy (non-hydrogen) atoms. The Morgan fingerprint density at radius 3 is 1.05 bits per heavy atom. The van der Waals surface area contributed by atoms with E-state index >= 15 is 0 Å². The normalized spacial score (nSPS) is 12.9. The summed E-state index contributed by atoms with van der Waals surface area (Å²) in [5.74, 6) is 0. The lowest BCUT2D eigenvalue weighted by Gasteiger charge is -2.47. The van der Waals surface area contributed by atoms with Crippen molar-refractivity contribution in [3.05, 3.63) is 332 Å². The number of furan rings is 1. The van der Waals surface area contributed by atoms with Gasteiger partial charge in [-0.25, -0.2) is 0 Å². The molecule has 3 heterocycles. The van der Waals surface area contributed by atoms with E-state index in [0.29, 0.717) is 0 Å². The average molecular weight is 1310 g/mol. The van der Waals surface area contributed by atoms with E-state index < -0.39 is 0 Å². The Morgan fingerprint density at radius 2 is 0.598 bits per heavy atom. The van der Waals surface area contributed by atoms with Crippen molar-refractivity contribution in [3.63, 3.8) is 0 Å². The third-order valence-electron chi connectivity index (χ3n) is 21.7. The first-order valence-electron chi connectivity index (χ1n) is 36.1. The lowest BCUT2D eigenvalue weighted by molar-refractivity contribution is 0.590. The van der Waals surface area contributed by atoms with Gasteiger partial charge in [0, 0.05) is 55.8 Å². The molecule has 0 radical (unpaired) electrons. The van der Waals surface area contributed by atoms with Gasteiger partial charge in [-0.1, -0.05) is 311 Å². The zero-order valence-corrected chi connectivity index (χ0v) is 59.4. The van der Waals surface area contributed by atoms with Crippen LogP contribution >= 0.6 is 0 Å². The van der Waals surface area contributed by atoms with Gasteiger partial charge in [0.15, 0.2) is 0 Å². The second-order valence-corrected chi connectivity index (χ2v) is 31.1. The van der Waals surface area contributed by atoms with Gasteiger partial charge < -0.3 is 14.2 Å². The fourth-order valence-corrected chi connectivity index (χ4v) is 16.5. The number of hydrogen-bond acceptors (Lipinski definition) is 3. The molecular weight excluding hydrogens is 1230 g/mol. The molecule has 0 aliphatic carbocycles. The Bertz CT molecular complexity index is 5810. The Kier molecular flexibility index (Phi) is 14.7. The predicted octanol–water partition coefficient (Wildman–Crippen LogP) is 25.5. The number of anilines is 6. The molecule has 16 aromatic rings. The van der Waals surface area contributed by atoms with E-state index in [1.54, 1.807) is 0 Å². The molecule has 3 nitrogen and oxygen atoms in total. The Hall–Kier alpha value is -11.7. The Labute approximate surface area is 599 Å². The molecule has 18 rings (SSSR count). The minimum atomic E-state index is -0.319. The van der Waals surface area contributed by atoms with E-state index in [1.165, 1.54) is 93.6 Å². The van der Waals surface area contributed by atoms with Crippen LogP contribution in [0.4, 0.5) is 34.1 Å². The van der Waals surface area contributed by atoms with Gasteiger partial charge in [-0.05, 0) is 193 Å². The first kappa shape index (κ1) is 62.5. The fraction of sp³-hybridized carbons (Fsp3) is 0.122. The maximum Gasteiger partial charge on any atom is 0.252 e. The van der Waals surface area contributed by atoms with Crippen LogP contribution in [0.2, 0.25) is 0 Å². The maximum absolute atomic E-state index is 6.53. The molecule has 0 amide bonds. The number of nitrogens with zero attached hydrogens (tertiary/aromatic N) is 2. The molecule has 2 aliphatic heterocycles. The third-order valence-corrected chi connectivity index (χ3v) is 21.7. The molecular formula is C98H79BN2O. The molecule has 0 bridgehead atoms. The van der Waals surface area contributed by atoms with E-state index in [0.717, 1.165) is 95.0 Å². The summed E-state index contributed by atoms with van der Waals surface area (Å²) in [5.41, 5.74) is 31.8. The highest BCUT2D eigenvalue weighted by atomic mass is 16.3. The summed E-state index contributed by atoms with van der Waals surface area (Å²) in [6.07, 6.45) is 0. The monoisotopic (exact) mass is 1310 g/mol. The fourth-order valence-electron chi connectivity index (χ4n) is 16.5. The predicted molar refractivity (Wildman–Crippen MR) is 437 cm³/mol. The molecule has 2 aliphatic rings. The van der Waals surface area contributed by atoms with E-state index in [-0.39, 0.29) is 23.0 Å². The van der Waals surface area contributed by atoms with Gasteiger partial charge in [0.25, 0.3) is 6.71 Å². The van der Waals surface area contributed by atoms with Gasteiger partial charge >= 0.3 is 0 Å². The first-order valence-corrected chi connectivity index (χ1v) is 36.1. The van der Waals surface area contributed by atoms with Crippen LogP contribution in [0.5, 0.6) is 0 Å². The van der Waals surface area contributed by atoms with Crippen LogP contribution in [0.15, 0.2) is 320 Å². The zero-order valence-electron chi connectivity index (χ0n) is 59.4. The molecule has 1 aromatic heterocycles. The smallest absolute Gasteiger partial charge is 0.252 e. The van der Waals surface area contributed by atoms with Gasteiger partial charge in [-0.3, -0.25) is 0 Å². The van der Waals surface area contributed by atoms with Crippen LogP contribution in [0.25, 0.3) is 121 Å². The second kappa shape index (κ2) is 24.0. The number of fused-ring (bicyclic) bond motifs is 9. The van der Waals surface area contributed by atoms with Crippen LogP contribution in [0, 0.1) is 0 Å². The first-order chi connectivity index (χ1) is 49.5. The highest BCUT2D eigenvalue weighted by molar-refractivity contribution is 7.00. The maximum atomic E-state index is 6.53. The van der Waals surface area contributed by atoms with Crippen LogP contribution < -0.4 is 26.2 Å².